The smallest absolute Gasteiger partial charge is 0.294 e. The second-order valence-electron chi connectivity index (χ2n) is 5.18. The molecule has 1 aliphatic heterocycles. The average Bonchev–Trinajstić information content (AvgIpc) is 2.99. The molecule has 0 radical (unpaired) electrons. The first-order chi connectivity index (χ1) is 10.8. The Hall–Kier alpha value is -1.87. The minimum atomic E-state index is -3.89. The summed E-state index contributed by atoms with van der Waals surface area (Å²) in [5.74, 6) is -3.36. The summed E-state index contributed by atoms with van der Waals surface area (Å²) in [5, 5.41) is 0. The van der Waals surface area contributed by atoms with Crippen LogP contribution in [0.15, 0.2) is 18.2 Å². The molecule has 1 fully saturated rings. The predicted octanol–water partition coefficient (Wildman–Crippen LogP) is 1.38. The highest BCUT2D eigenvalue weighted by Gasteiger charge is 2.27. The maximum absolute atomic E-state index is 13.4. The third-order valence-corrected chi connectivity index (χ3v) is 4.99. The zero-order chi connectivity index (χ0) is 17.0. The van der Waals surface area contributed by atoms with Crippen molar-refractivity contribution in [3.8, 4) is 0 Å². The van der Waals surface area contributed by atoms with Gasteiger partial charge in [0.2, 0.25) is 5.91 Å². The first-order valence-electron chi connectivity index (χ1n) is 7.08. The van der Waals surface area contributed by atoms with Crippen molar-refractivity contribution in [1.82, 2.24) is 9.03 Å². The largest absolute Gasteiger partial charge is 0.303 e. The van der Waals surface area contributed by atoms with Crippen molar-refractivity contribution in [2.45, 2.75) is 25.7 Å². The summed E-state index contributed by atoms with van der Waals surface area (Å²) >= 11 is 0. The molecule has 0 bridgehead atoms. The van der Waals surface area contributed by atoms with Crippen LogP contribution in [0.4, 0.5) is 8.78 Å². The Morgan fingerprint density at radius 3 is 2.39 bits per heavy atom. The summed E-state index contributed by atoms with van der Waals surface area (Å²) in [6, 6.07) is 2.51. The third kappa shape index (κ3) is 4.55. The number of hydrogen-bond acceptors (Lipinski definition) is 4. The van der Waals surface area contributed by atoms with Crippen LogP contribution in [-0.4, -0.2) is 37.5 Å². The van der Waals surface area contributed by atoms with Gasteiger partial charge in [0, 0.05) is 32.0 Å². The molecule has 1 saturated heterocycles. The summed E-state index contributed by atoms with van der Waals surface area (Å²) in [5.41, 5.74) is -0.332. The normalized spacial score (nSPS) is 15.6. The molecule has 1 aromatic rings. The maximum Gasteiger partial charge on any atom is 0.303 e. The van der Waals surface area contributed by atoms with Gasteiger partial charge in [0.05, 0.1) is 5.56 Å². The number of rotatable bonds is 6. The van der Waals surface area contributed by atoms with Gasteiger partial charge in [-0.3, -0.25) is 9.59 Å². The molecule has 23 heavy (non-hydrogen) atoms. The van der Waals surface area contributed by atoms with Gasteiger partial charge in [-0.05, 0) is 25.0 Å². The quantitative estimate of drug-likeness (QED) is 0.789. The number of amides is 1. The second kappa shape index (κ2) is 7.14. The van der Waals surface area contributed by atoms with Crippen molar-refractivity contribution in [2.75, 3.05) is 13.1 Å². The summed E-state index contributed by atoms with van der Waals surface area (Å²) in [6.45, 7) is 0.699. The number of halogens is 2. The monoisotopic (exact) mass is 346 g/mol. The molecule has 1 aromatic carbocycles. The molecule has 9 heteroatoms. The van der Waals surface area contributed by atoms with Crippen LogP contribution < -0.4 is 4.72 Å². The summed E-state index contributed by atoms with van der Waals surface area (Å²) in [7, 11) is -3.89. The lowest BCUT2D eigenvalue weighted by molar-refractivity contribution is -0.119. The van der Waals surface area contributed by atoms with Crippen molar-refractivity contribution in [3.63, 3.8) is 0 Å². The van der Waals surface area contributed by atoms with Crippen LogP contribution in [0.1, 0.15) is 36.0 Å². The van der Waals surface area contributed by atoms with Crippen molar-refractivity contribution in [2.24, 2.45) is 0 Å². The first kappa shape index (κ1) is 17.5. The minimum absolute atomic E-state index is 0.332. The van der Waals surface area contributed by atoms with E-state index in [1.807, 2.05) is 4.72 Å². The number of carbonyl (C=O) groups excluding carboxylic acids is 2. The molecule has 6 nitrogen and oxygen atoms in total. The molecular weight excluding hydrogens is 330 g/mol. The van der Waals surface area contributed by atoms with E-state index in [0.29, 0.717) is 19.2 Å². The maximum atomic E-state index is 13.4. The minimum Gasteiger partial charge on any atom is -0.294 e. The van der Waals surface area contributed by atoms with E-state index in [9.17, 15) is 26.8 Å². The lowest BCUT2D eigenvalue weighted by atomic mass is 10.1. The molecule has 0 aromatic heterocycles. The number of carbonyl (C=O) groups is 2. The average molecular weight is 346 g/mol. The van der Waals surface area contributed by atoms with E-state index < -0.39 is 40.0 Å². The van der Waals surface area contributed by atoms with E-state index in [4.69, 9.17) is 0 Å². The Labute approximate surface area is 132 Å². The van der Waals surface area contributed by atoms with E-state index in [2.05, 4.69) is 0 Å². The molecule has 1 heterocycles. The number of ketones is 1. The third-order valence-electron chi connectivity index (χ3n) is 3.46. The van der Waals surface area contributed by atoms with E-state index in [0.717, 1.165) is 29.3 Å². The van der Waals surface area contributed by atoms with E-state index in [1.54, 1.807) is 0 Å². The van der Waals surface area contributed by atoms with Crippen LogP contribution in [0.2, 0.25) is 0 Å². The lowest BCUT2D eigenvalue weighted by Gasteiger charge is -2.15. The highest BCUT2D eigenvalue weighted by molar-refractivity contribution is 7.87. The predicted molar refractivity (Wildman–Crippen MR) is 77.8 cm³/mol. The van der Waals surface area contributed by atoms with E-state index >= 15 is 0 Å². The molecule has 2 rings (SSSR count). The molecule has 0 spiro atoms. The van der Waals surface area contributed by atoms with Gasteiger partial charge in [-0.1, -0.05) is 0 Å². The van der Waals surface area contributed by atoms with Gasteiger partial charge in [-0.2, -0.15) is 12.7 Å². The van der Waals surface area contributed by atoms with Gasteiger partial charge in [0.15, 0.2) is 5.78 Å². The van der Waals surface area contributed by atoms with Crippen molar-refractivity contribution < 1.29 is 26.8 Å². The molecule has 1 amide bonds. The van der Waals surface area contributed by atoms with Crippen LogP contribution in [-0.2, 0) is 15.0 Å². The highest BCUT2D eigenvalue weighted by atomic mass is 32.2. The van der Waals surface area contributed by atoms with E-state index in [1.165, 1.54) is 0 Å². The van der Waals surface area contributed by atoms with Gasteiger partial charge in [0.1, 0.15) is 11.6 Å². The Morgan fingerprint density at radius 2 is 1.78 bits per heavy atom. The molecule has 126 valence electrons. The van der Waals surface area contributed by atoms with Crippen molar-refractivity contribution >= 4 is 21.9 Å². The Kier molecular flexibility index (Phi) is 5.42. The standard InChI is InChI=1S/C14H16F2N2O4S/c15-10-3-4-11(12(16)9-10)13(19)5-6-14(20)17-23(21,22)18-7-1-2-8-18/h3-4,9H,1-2,5-8H2,(H,17,20). The SMILES string of the molecule is O=C(CCC(=O)c1ccc(F)cc1F)NS(=O)(=O)N1CCCC1. The zero-order valence-electron chi connectivity index (χ0n) is 12.2. The second-order valence-corrected chi connectivity index (χ2v) is 6.85. The van der Waals surface area contributed by atoms with Crippen molar-refractivity contribution in [1.29, 1.82) is 0 Å². The fourth-order valence-electron chi connectivity index (χ4n) is 2.27. The van der Waals surface area contributed by atoms with Crippen LogP contribution in [0.3, 0.4) is 0 Å². The molecule has 1 N–H and O–H groups in total. The molecule has 0 saturated carbocycles. The van der Waals surface area contributed by atoms with Gasteiger partial charge < -0.3 is 0 Å². The molecule has 0 atom stereocenters. The number of Topliss-reactive ketones (excluding diaryl/α,β-unsaturated/α-hetero) is 1. The number of nitrogens with zero attached hydrogens (tertiary/aromatic N) is 1. The molecule has 1 aliphatic rings. The van der Waals surface area contributed by atoms with E-state index in [-0.39, 0.29) is 12.0 Å². The molecule has 0 unspecified atom stereocenters. The fourth-order valence-corrected chi connectivity index (χ4v) is 3.52. The summed E-state index contributed by atoms with van der Waals surface area (Å²) in [4.78, 5) is 23.5. The summed E-state index contributed by atoms with van der Waals surface area (Å²) in [6.07, 6.45) is 0.696. The Bertz CT molecular complexity index is 715. The number of hydrogen-bond donors (Lipinski definition) is 1. The molecule has 0 aliphatic carbocycles. The van der Waals surface area contributed by atoms with Crippen LogP contribution >= 0.6 is 0 Å². The molecular formula is C14H16F2N2O4S. The topological polar surface area (TPSA) is 83.5 Å². The van der Waals surface area contributed by atoms with Gasteiger partial charge in [-0.25, -0.2) is 13.5 Å². The number of nitrogens with one attached hydrogen (secondary N) is 1. The Morgan fingerprint density at radius 1 is 1.13 bits per heavy atom. The lowest BCUT2D eigenvalue weighted by Crippen LogP contribution is -2.42. The van der Waals surface area contributed by atoms with Crippen LogP contribution in [0.25, 0.3) is 0 Å². The zero-order valence-corrected chi connectivity index (χ0v) is 13.0. The summed E-state index contributed by atoms with van der Waals surface area (Å²) < 4.78 is 53.0. The van der Waals surface area contributed by atoms with Crippen molar-refractivity contribution in [3.05, 3.63) is 35.4 Å². The number of benzene rings is 1. The first-order valence-corrected chi connectivity index (χ1v) is 8.52. The van der Waals surface area contributed by atoms with Crippen LogP contribution in [0, 0.1) is 11.6 Å². The van der Waals surface area contributed by atoms with Gasteiger partial charge >= 0.3 is 10.2 Å². The van der Waals surface area contributed by atoms with Crippen LogP contribution in [0.5, 0.6) is 0 Å². The fraction of sp³-hybridized carbons (Fsp3) is 0.429. The van der Waals surface area contributed by atoms with Gasteiger partial charge in [0.25, 0.3) is 0 Å². The highest BCUT2D eigenvalue weighted by Crippen LogP contribution is 2.14. The van der Waals surface area contributed by atoms with Gasteiger partial charge in [-0.15, -0.1) is 0 Å². The Balaban J connectivity index is 1.90.